The smallest absolute Gasteiger partial charge is 0.341 e. The van der Waals surface area contributed by atoms with Crippen LogP contribution < -0.4 is 9.47 Å². The zero-order valence-corrected chi connectivity index (χ0v) is 17.1. The number of carbonyl (C=O) groups excluding carboxylic acids is 2. The minimum absolute atomic E-state index is 0.0344. The summed E-state index contributed by atoms with van der Waals surface area (Å²) in [6.07, 6.45) is -0.225. The highest BCUT2D eigenvalue weighted by atomic mass is 19.3. The van der Waals surface area contributed by atoms with E-state index >= 15 is 0 Å². The van der Waals surface area contributed by atoms with Crippen LogP contribution in [0.15, 0.2) is 78.9 Å². The molecule has 0 atom stereocenters. The van der Waals surface area contributed by atoms with Crippen LogP contribution in [0.3, 0.4) is 0 Å². The van der Waals surface area contributed by atoms with E-state index < -0.39 is 31.2 Å². The fourth-order valence-corrected chi connectivity index (χ4v) is 2.56. The second-order valence-corrected chi connectivity index (χ2v) is 6.72. The highest BCUT2D eigenvalue weighted by Gasteiger charge is 2.15. The van der Waals surface area contributed by atoms with Gasteiger partial charge >= 0.3 is 11.9 Å². The Morgan fingerprint density at radius 1 is 0.844 bits per heavy atom. The molecule has 0 amide bonds. The number of aliphatic hydroxyl groups excluding tert-OH is 2. The van der Waals surface area contributed by atoms with Gasteiger partial charge < -0.3 is 19.7 Å². The third kappa shape index (κ3) is 7.26. The Morgan fingerprint density at radius 2 is 1.34 bits per heavy atom. The zero-order chi connectivity index (χ0) is 23.7. The molecule has 0 aliphatic heterocycles. The molecule has 0 fully saturated rings. The molecule has 0 bridgehead atoms. The second-order valence-electron chi connectivity index (χ2n) is 6.72. The van der Waals surface area contributed by atoms with Gasteiger partial charge in [0.05, 0.1) is 24.4 Å². The fraction of sp³-hybridized carbons (Fsp3) is 0.167. The Morgan fingerprint density at radius 3 is 1.78 bits per heavy atom. The predicted octanol–water partition coefficient (Wildman–Crippen LogP) is 3.97. The second kappa shape index (κ2) is 11.7. The van der Waals surface area contributed by atoms with Gasteiger partial charge in [-0.2, -0.15) is 8.78 Å². The third-order valence-corrected chi connectivity index (χ3v) is 4.28. The number of carbonyl (C=O) groups is 2. The Labute approximate surface area is 183 Å². The molecule has 168 valence electrons. The van der Waals surface area contributed by atoms with Crippen molar-refractivity contribution in [2.45, 2.75) is 12.8 Å². The summed E-state index contributed by atoms with van der Waals surface area (Å²) >= 11 is 0. The van der Waals surface area contributed by atoms with E-state index in [1.165, 1.54) is 18.2 Å². The number of allylic oxidation sites excluding steroid dienone is 1. The summed E-state index contributed by atoms with van der Waals surface area (Å²) in [7, 11) is 0. The number of halogens is 2. The summed E-state index contributed by atoms with van der Waals surface area (Å²) in [4.78, 5) is 24.0. The number of ether oxygens (including phenoxy) is 2. The molecule has 0 saturated heterocycles. The standard InChI is InChI=1S/C24H22F2O6/c1-15(13-27)23(29)31-20-10-19(11-21(12-20)32-24(30)16(2)14-28)18-8-6-17(7-9-18)4-3-5-22(25)26/h5-12,27-28H,1-4,13-14H2. The average Bonchev–Trinajstić information content (AvgIpc) is 2.77. The van der Waals surface area contributed by atoms with Gasteiger partial charge in [-0.3, -0.25) is 0 Å². The van der Waals surface area contributed by atoms with Crippen molar-refractivity contribution >= 4 is 11.9 Å². The molecule has 0 spiro atoms. The van der Waals surface area contributed by atoms with Crippen LogP contribution in [-0.2, 0) is 16.0 Å². The molecule has 2 N–H and O–H groups in total. The summed E-state index contributed by atoms with van der Waals surface area (Å²) in [5, 5.41) is 18.1. The quantitative estimate of drug-likeness (QED) is 0.327. The van der Waals surface area contributed by atoms with Gasteiger partial charge in [0.25, 0.3) is 6.08 Å². The molecule has 2 aromatic carbocycles. The molecule has 0 radical (unpaired) electrons. The Kier molecular flexibility index (Phi) is 9.00. The van der Waals surface area contributed by atoms with Gasteiger partial charge in [0.1, 0.15) is 11.5 Å². The largest absolute Gasteiger partial charge is 0.423 e. The number of esters is 2. The molecular formula is C24H22F2O6. The normalized spacial score (nSPS) is 10.2. The van der Waals surface area contributed by atoms with E-state index in [1.807, 2.05) is 0 Å². The van der Waals surface area contributed by atoms with Crippen LogP contribution >= 0.6 is 0 Å². The van der Waals surface area contributed by atoms with Crippen LogP contribution in [0.2, 0.25) is 0 Å². The number of hydrogen-bond acceptors (Lipinski definition) is 6. The van der Waals surface area contributed by atoms with Crippen LogP contribution in [0.4, 0.5) is 8.78 Å². The summed E-state index contributed by atoms with van der Waals surface area (Å²) in [6, 6.07) is 11.4. The highest BCUT2D eigenvalue weighted by molar-refractivity contribution is 5.91. The van der Waals surface area contributed by atoms with E-state index in [9.17, 15) is 18.4 Å². The van der Waals surface area contributed by atoms with Gasteiger partial charge in [-0.15, -0.1) is 0 Å². The number of benzene rings is 2. The maximum atomic E-state index is 12.2. The van der Waals surface area contributed by atoms with Crippen molar-refractivity contribution in [3.8, 4) is 22.6 Å². The maximum absolute atomic E-state index is 12.2. The van der Waals surface area contributed by atoms with Gasteiger partial charge in [-0.05, 0) is 47.7 Å². The molecule has 0 unspecified atom stereocenters. The van der Waals surface area contributed by atoms with Gasteiger partial charge in [-0.1, -0.05) is 37.4 Å². The first-order valence-electron chi connectivity index (χ1n) is 9.50. The van der Waals surface area contributed by atoms with Crippen molar-refractivity contribution in [1.29, 1.82) is 0 Å². The lowest BCUT2D eigenvalue weighted by Gasteiger charge is -2.12. The van der Waals surface area contributed by atoms with Crippen molar-refractivity contribution in [2.24, 2.45) is 0 Å². The fourth-order valence-electron chi connectivity index (χ4n) is 2.56. The topological polar surface area (TPSA) is 93.1 Å². The number of rotatable bonds is 10. The molecule has 0 aliphatic carbocycles. The summed E-state index contributed by atoms with van der Waals surface area (Å²) in [5.41, 5.74) is 1.73. The molecule has 2 aromatic rings. The van der Waals surface area contributed by atoms with Crippen molar-refractivity contribution in [1.82, 2.24) is 0 Å². The lowest BCUT2D eigenvalue weighted by Crippen LogP contribution is -2.14. The number of hydrogen-bond donors (Lipinski definition) is 2. The molecular weight excluding hydrogens is 422 g/mol. The van der Waals surface area contributed by atoms with Crippen molar-refractivity contribution in [2.75, 3.05) is 13.2 Å². The van der Waals surface area contributed by atoms with E-state index in [-0.39, 0.29) is 29.1 Å². The number of aryl methyl sites for hydroxylation is 1. The van der Waals surface area contributed by atoms with Crippen molar-refractivity contribution < 1.29 is 38.1 Å². The molecule has 32 heavy (non-hydrogen) atoms. The Bertz CT molecular complexity index is 989. The lowest BCUT2D eigenvalue weighted by molar-refractivity contribution is -0.131. The van der Waals surface area contributed by atoms with E-state index in [0.29, 0.717) is 17.5 Å². The van der Waals surface area contributed by atoms with Crippen molar-refractivity contribution in [3.05, 3.63) is 84.5 Å². The molecule has 0 aliphatic rings. The monoisotopic (exact) mass is 444 g/mol. The summed E-state index contributed by atoms with van der Waals surface area (Å²) in [6.45, 7) is 5.63. The molecule has 6 nitrogen and oxygen atoms in total. The minimum Gasteiger partial charge on any atom is -0.423 e. The maximum Gasteiger partial charge on any atom is 0.341 e. The summed E-state index contributed by atoms with van der Waals surface area (Å²) < 4.78 is 34.7. The van der Waals surface area contributed by atoms with Crippen LogP contribution in [0.5, 0.6) is 11.5 Å². The van der Waals surface area contributed by atoms with Gasteiger partial charge in [0, 0.05) is 6.07 Å². The molecule has 0 aromatic heterocycles. The first-order valence-corrected chi connectivity index (χ1v) is 9.50. The third-order valence-electron chi connectivity index (χ3n) is 4.28. The molecule has 0 saturated carbocycles. The zero-order valence-electron chi connectivity index (χ0n) is 17.1. The van der Waals surface area contributed by atoms with Gasteiger partial charge in [0.2, 0.25) is 0 Å². The first kappa shape index (κ1) is 24.6. The Hall–Kier alpha value is -3.62. The van der Waals surface area contributed by atoms with Crippen LogP contribution in [0.1, 0.15) is 12.0 Å². The van der Waals surface area contributed by atoms with Crippen LogP contribution in [0.25, 0.3) is 11.1 Å². The van der Waals surface area contributed by atoms with Gasteiger partial charge in [0.15, 0.2) is 0 Å². The molecule has 8 heteroatoms. The summed E-state index contributed by atoms with van der Waals surface area (Å²) in [5.74, 6) is -1.64. The SMILES string of the molecule is C=C(CO)C(=O)Oc1cc(OC(=O)C(=C)CO)cc(-c2ccc(CCC=C(F)F)cc2)c1. The number of aliphatic hydroxyl groups is 2. The average molecular weight is 444 g/mol. The highest BCUT2D eigenvalue weighted by Crippen LogP contribution is 2.31. The first-order chi connectivity index (χ1) is 15.2. The van der Waals surface area contributed by atoms with Crippen LogP contribution in [0, 0.1) is 0 Å². The van der Waals surface area contributed by atoms with Gasteiger partial charge in [-0.25, -0.2) is 9.59 Å². The Balaban J connectivity index is 2.34. The van der Waals surface area contributed by atoms with E-state index in [4.69, 9.17) is 19.7 Å². The predicted molar refractivity (Wildman–Crippen MR) is 114 cm³/mol. The lowest BCUT2D eigenvalue weighted by atomic mass is 10.0. The minimum atomic E-state index is -1.72. The van der Waals surface area contributed by atoms with Crippen molar-refractivity contribution in [3.63, 3.8) is 0 Å². The van der Waals surface area contributed by atoms with E-state index in [0.717, 1.165) is 11.6 Å². The van der Waals surface area contributed by atoms with E-state index in [1.54, 1.807) is 24.3 Å². The molecule has 2 rings (SSSR count). The van der Waals surface area contributed by atoms with Crippen LogP contribution in [-0.4, -0.2) is 35.4 Å². The molecule has 0 heterocycles. The van der Waals surface area contributed by atoms with E-state index in [2.05, 4.69) is 13.2 Å².